The molecule has 0 saturated heterocycles. The van der Waals surface area contributed by atoms with Crippen molar-refractivity contribution in [2.45, 2.75) is 40.5 Å². The summed E-state index contributed by atoms with van der Waals surface area (Å²) in [5.74, 6) is 0. The minimum atomic E-state index is 0. The zero-order valence-electron chi connectivity index (χ0n) is 15.6. The van der Waals surface area contributed by atoms with Crippen LogP contribution in [-0.4, -0.2) is 52.0 Å². The molecule has 5 nitrogen and oxygen atoms in total. The van der Waals surface area contributed by atoms with E-state index >= 15 is 0 Å². The topological polar surface area (TPSA) is 101 Å². The van der Waals surface area contributed by atoms with E-state index in [-0.39, 0.29) is 102 Å². The second kappa shape index (κ2) is 140. The Bertz CT molecular complexity index is 48.8. The summed E-state index contributed by atoms with van der Waals surface area (Å²) < 4.78 is 0. The van der Waals surface area contributed by atoms with Gasteiger partial charge in [0.05, 0.1) is 0 Å². The first-order chi connectivity index (χ1) is 8.66. The van der Waals surface area contributed by atoms with E-state index < -0.39 is 0 Å². The summed E-state index contributed by atoms with van der Waals surface area (Å²) in [6.07, 6.45) is 1.75. The van der Waals surface area contributed by atoms with Gasteiger partial charge in [-0.1, -0.05) is 40.9 Å². The summed E-state index contributed by atoms with van der Waals surface area (Å²) in [5, 5.41) is 37.4. The van der Waals surface area contributed by atoms with Crippen LogP contribution in [0.2, 0.25) is 0 Å². The molecule has 120 valence electrons. The number of aliphatic hydroxyl groups excluding tert-OH is 5. The van der Waals surface area contributed by atoms with Crippen LogP contribution in [-0.2, 0) is 0 Å². The molecule has 0 aliphatic heterocycles. The van der Waals surface area contributed by atoms with Crippen LogP contribution >= 0.6 is 0 Å². The summed E-state index contributed by atoms with van der Waals surface area (Å²) in [6.45, 7) is 14.6. The van der Waals surface area contributed by atoms with Crippen molar-refractivity contribution in [1.82, 2.24) is 0 Å². The van der Waals surface area contributed by atoms with Gasteiger partial charge in [0, 0.05) is 13.2 Å². The molecule has 0 aromatic carbocycles. The molecule has 0 aromatic heterocycles. The van der Waals surface area contributed by atoms with Gasteiger partial charge in [-0.3, -0.25) is 0 Å². The Morgan fingerprint density at radius 3 is 0.667 bits per heavy atom. The van der Waals surface area contributed by atoms with Crippen molar-refractivity contribution in [2.75, 3.05) is 26.4 Å². The Labute approximate surface area is 199 Å². The van der Waals surface area contributed by atoms with Crippen molar-refractivity contribution in [2.24, 2.45) is 0 Å². The Balaban J connectivity index is -0.0000000117. The molecule has 0 aromatic rings. The van der Waals surface area contributed by atoms with E-state index in [1.54, 1.807) is 0 Å². The van der Waals surface area contributed by atoms with Crippen LogP contribution < -0.4 is 88.7 Å². The first-order valence-corrected chi connectivity index (χ1v) is 6.00. The van der Waals surface area contributed by atoms with Gasteiger partial charge in [-0.2, -0.15) is 0 Å². The van der Waals surface area contributed by atoms with Crippen LogP contribution in [0, 0.1) is 21.0 Å². The third-order valence-corrected chi connectivity index (χ3v) is 0.447. The van der Waals surface area contributed by atoms with E-state index in [1.165, 1.54) is 0 Å². The largest absolute Gasteiger partial charge is 1.00 e. The Hall–Kier alpha value is 2.80. The van der Waals surface area contributed by atoms with Gasteiger partial charge in [0.1, 0.15) is 0 Å². The predicted molar refractivity (Wildman–Crippen MR) is 78.3 cm³/mol. The van der Waals surface area contributed by atoms with Crippen LogP contribution in [0.25, 0.3) is 0 Å². The molecule has 0 bridgehead atoms. The summed E-state index contributed by atoms with van der Waals surface area (Å²) in [7, 11) is 2.25. The summed E-state index contributed by atoms with van der Waals surface area (Å²) in [5.41, 5.74) is 0. The predicted octanol–water partition coefficient (Wildman–Crippen LogP) is -7.41. The van der Waals surface area contributed by atoms with Gasteiger partial charge < -0.3 is 39.4 Å². The molecule has 0 amide bonds. The molecule has 21 heavy (non-hydrogen) atoms. The maximum absolute atomic E-state index is 7.88. The molecule has 8 heteroatoms. The normalized spacial score (nSPS) is 5.14. The standard InChI is InChI=1S/2C3H8O.2C2H5O.C2H6.CH3O.3Na/c2*1-2-3-4;2*1-2-3;2*1-2;;;/h2*4H,2-3H2,1H3;2*3H,1-2H2;1-2H3;2H,1H2;;;/q;;2*-1;;-1;3*+1. The monoisotopic (exact) mass is 340 g/mol. The van der Waals surface area contributed by atoms with Crippen molar-refractivity contribution in [3.63, 3.8) is 0 Å². The smallest absolute Gasteiger partial charge is 0.569 e. The third kappa shape index (κ3) is 428. The number of hydrogen-bond donors (Lipinski definition) is 5. The van der Waals surface area contributed by atoms with E-state index in [0.29, 0.717) is 13.2 Å². The van der Waals surface area contributed by atoms with Crippen LogP contribution in [0.1, 0.15) is 40.5 Å². The van der Waals surface area contributed by atoms with E-state index in [2.05, 4.69) is 21.0 Å². The van der Waals surface area contributed by atoms with Crippen molar-refractivity contribution >= 4 is 0 Å². The minimum absolute atomic E-state index is 0. The molecule has 0 aliphatic rings. The molecule has 0 atom stereocenters. The summed E-state index contributed by atoms with van der Waals surface area (Å²) in [6, 6.07) is 0. The fraction of sp³-hybridized carbons (Fsp3) is 0.769. The van der Waals surface area contributed by atoms with E-state index in [9.17, 15) is 0 Å². The first kappa shape index (κ1) is 56.5. The van der Waals surface area contributed by atoms with Gasteiger partial charge in [-0.15, -0.1) is 0 Å². The van der Waals surface area contributed by atoms with Crippen LogP contribution in [0.15, 0.2) is 0 Å². The molecule has 0 rings (SSSR count). The Kier molecular flexibility index (Phi) is 376. The maximum atomic E-state index is 7.88. The molecular formula is C13H35Na3O5. The SMILES string of the molecule is CC.CCCO.CCCO.[CH2-]CO.[CH2-]CO.[CH2-]O.[Na+].[Na+].[Na+]. The van der Waals surface area contributed by atoms with Gasteiger partial charge in [0.15, 0.2) is 0 Å². The Morgan fingerprint density at radius 2 is 0.667 bits per heavy atom. The van der Waals surface area contributed by atoms with Crippen molar-refractivity contribution < 1.29 is 114 Å². The van der Waals surface area contributed by atoms with E-state index in [1.807, 2.05) is 27.7 Å². The fourth-order valence-electron chi connectivity index (χ4n) is 0. The van der Waals surface area contributed by atoms with Gasteiger partial charge in [0.25, 0.3) is 0 Å². The second-order valence-electron chi connectivity index (χ2n) is 1.89. The number of aliphatic hydroxyl groups is 5. The summed E-state index contributed by atoms with van der Waals surface area (Å²) in [4.78, 5) is 0. The van der Waals surface area contributed by atoms with Crippen LogP contribution in [0.5, 0.6) is 0 Å². The molecule has 0 unspecified atom stereocenters. The zero-order chi connectivity index (χ0) is 16.2. The van der Waals surface area contributed by atoms with E-state index in [4.69, 9.17) is 25.5 Å². The third-order valence-electron chi connectivity index (χ3n) is 0.447. The average molecular weight is 340 g/mol. The first-order valence-electron chi connectivity index (χ1n) is 6.00. The van der Waals surface area contributed by atoms with Crippen LogP contribution in [0.3, 0.4) is 0 Å². The zero-order valence-corrected chi connectivity index (χ0v) is 21.6. The molecular weight excluding hydrogens is 305 g/mol. The number of rotatable bonds is 2. The number of hydrogen-bond acceptors (Lipinski definition) is 5. The van der Waals surface area contributed by atoms with Gasteiger partial charge in [0.2, 0.25) is 0 Å². The fourth-order valence-corrected chi connectivity index (χ4v) is 0. The van der Waals surface area contributed by atoms with Gasteiger partial charge >= 0.3 is 88.7 Å². The average Bonchev–Trinajstić information content (AvgIpc) is 2.45. The molecule has 0 heterocycles. The van der Waals surface area contributed by atoms with Crippen molar-refractivity contribution in [3.05, 3.63) is 21.0 Å². The maximum Gasteiger partial charge on any atom is 1.00 e. The van der Waals surface area contributed by atoms with Gasteiger partial charge in [-0.25, -0.2) is 7.11 Å². The minimum Gasteiger partial charge on any atom is -0.569 e. The summed E-state index contributed by atoms with van der Waals surface area (Å²) >= 11 is 0. The quantitative estimate of drug-likeness (QED) is 0.254. The molecule has 0 saturated carbocycles. The molecule has 0 radical (unpaired) electrons. The molecule has 5 N–H and O–H groups in total. The Morgan fingerprint density at radius 1 is 0.619 bits per heavy atom. The molecule has 0 spiro atoms. The molecule has 0 fully saturated rings. The molecule has 0 aliphatic carbocycles. The van der Waals surface area contributed by atoms with Crippen molar-refractivity contribution in [1.29, 1.82) is 0 Å². The van der Waals surface area contributed by atoms with Crippen LogP contribution in [0.4, 0.5) is 0 Å². The van der Waals surface area contributed by atoms with Crippen molar-refractivity contribution in [3.8, 4) is 0 Å². The second-order valence-corrected chi connectivity index (χ2v) is 1.89. The van der Waals surface area contributed by atoms with E-state index in [0.717, 1.165) is 12.8 Å². The van der Waals surface area contributed by atoms with Gasteiger partial charge in [-0.05, 0) is 12.8 Å².